The summed E-state index contributed by atoms with van der Waals surface area (Å²) in [5, 5.41) is 0. The number of thiocarbonyl (C=S) groups is 1. The molecule has 0 spiro atoms. The Bertz CT molecular complexity index is 1470. The van der Waals surface area contributed by atoms with E-state index in [1.165, 1.54) is 11.8 Å². The second-order valence-electron chi connectivity index (χ2n) is 9.33. The molecule has 2 aromatic heterocycles. The molecule has 10 heteroatoms. The van der Waals surface area contributed by atoms with E-state index in [9.17, 15) is 9.59 Å². The lowest BCUT2D eigenvalue weighted by atomic mass is 10.2. The summed E-state index contributed by atoms with van der Waals surface area (Å²) in [4.78, 5) is 38.3. The maximum Gasteiger partial charge on any atom is 0.267 e. The molecule has 2 saturated heterocycles. The predicted molar refractivity (Wildman–Crippen MR) is 154 cm³/mol. The van der Waals surface area contributed by atoms with Crippen LogP contribution in [0.2, 0.25) is 0 Å². The Labute approximate surface area is 225 Å². The van der Waals surface area contributed by atoms with E-state index in [0.717, 1.165) is 30.1 Å². The molecular formula is C27H29N5O3S2. The van der Waals surface area contributed by atoms with Gasteiger partial charge in [0.1, 0.15) is 21.5 Å². The third-order valence-corrected chi connectivity index (χ3v) is 8.02. The Morgan fingerprint density at radius 3 is 2.43 bits per heavy atom. The molecule has 2 aliphatic rings. The van der Waals surface area contributed by atoms with E-state index in [-0.39, 0.29) is 17.5 Å². The van der Waals surface area contributed by atoms with Crippen LogP contribution < -0.4 is 20.1 Å². The first-order valence-electron chi connectivity index (χ1n) is 12.2. The molecule has 37 heavy (non-hydrogen) atoms. The quantitative estimate of drug-likeness (QED) is 0.359. The topological polar surface area (TPSA) is 70.4 Å². The summed E-state index contributed by atoms with van der Waals surface area (Å²) in [5.41, 5.74) is 2.76. The number of piperazine rings is 1. The fraction of sp³-hybridized carbons (Fsp3) is 0.333. The molecule has 1 aromatic carbocycles. The van der Waals surface area contributed by atoms with Crippen molar-refractivity contribution in [2.45, 2.75) is 26.8 Å². The number of ether oxygens (including phenoxy) is 1. The number of carbonyl (C=O) groups excluding carboxylic acids is 1. The van der Waals surface area contributed by atoms with Crippen LogP contribution in [0.15, 0.2) is 52.3 Å². The van der Waals surface area contributed by atoms with Crippen LogP contribution in [0, 0.1) is 6.92 Å². The van der Waals surface area contributed by atoms with Gasteiger partial charge in [-0.2, -0.15) is 0 Å². The van der Waals surface area contributed by atoms with Crippen LogP contribution in [-0.2, 0) is 4.79 Å². The molecule has 0 aliphatic carbocycles. The van der Waals surface area contributed by atoms with Crippen LogP contribution in [0.1, 0.15) is 25.0 Å². The second-order valence-corrected chi connectivity index (χ2v) is 11.0. The highest BCUT2D eigenvalue weighted by Crippen LogP contribution is 2.35. The number of hydrogen-bond acceptors (Lipinski definition) is 8. The van der Waals surface area contributed by atoms with Crippen LogP contribution in [-0.4, -0.2) is 63.8 Å². The Morgan fingerprint density at radius 2 is 1.76 bits per heavy atom. The van der Waals surface area contributed by atoms with Gasteiger partial charge in [0, 0.05) is 38.4 Å². The van der Waals surface area contributed by atoms with E-state index in [2.05, 4.69) is 15.9 Å². The zero-order valence-corrected chi connectivity index (χ0v) is 22.9. The predicted octanol–water partition coefficient (Wildman–Crippen LogP) is 3.95. The van der Waals surface area contributed by atoms with E-state index in [1.807, 2.05) is 51.1 Å². The van der Waals surface area contributed by atoms with E-state index in [0.29, 0.717) is 39.3 Å². The average Bonchev–Trinajstić information content (AvgIpc) is 3.18. The SMILES string of the molecule is COc1ccccc1N1CCN(c2nc3c(C)cccn3c(=O)c2C=C2SC(=S)N(C(C)C)C2=O)CC1. The van der Waals surface area contributed by atoms with Crippen LogP contribution in [0.3, 0.4) is 0 Å². The number of thioether (sulfide) groups is 1. The number of amides is 1. The Balaban J connectivity index is 1.55. The smallest absolute Gasteiger partial charge is 0.267 e. The Kier molecular flexibility index (Phi) is 6.96. The minimum atomic E-state index is -0.203. The van der Waals surface area contributed by atoms with Gasteiger partial charge >= 0.3 is 0 Å². The van der Waals surface area contributed by atoms with Crippen molar-refractivity contribution in [3.63, 3.8) is 0 Å². The number of anilines is 2. The molecule has 0 radical (unpaired) electrons. The summed E-state index contributed by atoms with van der Waals surface area (Å²) < 4.78 is 7.61. The molecule has 1 amide bonds. The minimum absolute atomic E-state index is 0.0561. The third-order valence-electron chi connectivity index (χ3n) is 6.68. The molecule has 5 rings (SSSR count). The van der Waals surface area contributed by atoms with Crippen molar-refractivity contribution in [3.05, 3.63) is 69.0 Å². The van der Waals surface area contributed by atoms with Crippen molar-refractivity contribution >= 4 is 57.4 Å². The van der Waals surface area contributed by atoms with Gasteiger partial charge in [0.25, 0.3) is 11.5 Å². The van der Waals surface area contributed by atoms with E-state index >= 15 is 0 Å². The van der Waals surface area contributed by atoms with Crippen molar-refractivity contribution in [3.8, 4) is 5.75 Å². The third kappa shape index (κ3) is 4.59. The summed E-state index contributed by atoms with van der Waals surface area (Å²) in [5.74, 6) is 1.25. The van der Waals surface area contributed by atoms with Crippen molar-refractivity contribution in [1.29, 1.82) is 0 Å². The summed E-state index contributed by atoms with van der Waals surface area (Å²) in [6, 6.07) is 11.7. The largest absolute Gasteiger partial charge is 0.495 e. The van der Waals surface area contributed by atoms with Crippen molar-refractivity contribution in [2.75, 3.05) is 43.1 Å². The lowest BCUT2D eigenvalue weighted by molar-refractivity contribution is -0.123. The molecule has 8 nitrogen and oxygen atoms in total. The number of benzene rings is 1. The standard InChI is InChI=1S/C27H29N5O3S2/c1-17(2)32-26(34)22(37-27(32)36)16-19-24(28-23-18(3)8-7-11-31(23)25(19)33)30-14-12-29(13-15-30)20-9-5-6-10-21(20)35-4/h5-11,16-17H,12-15H2,1-4H3. The Morgan fingerprint density at radius 1 is 1.05 bits per heavy atom. The van der Waals surface area contributed by atoms with E-state index in [4.69, 9.17) is 21.9 Å². The molecule has 2 aliphatic heterocycles. The number of aromatic nitrogens is 2. The van der Waals surface area contributed by atoms with Gasteiger partial charge in [-0.05, 0) is 50.6 Å². The van der Waals surface area contributed by atoms with Gasteiger partial charge < -0.3 is 14.5 Å². The number of nitrogens with zero attached hydrogens (tertiary/aromatic N) is 5. The summed E-state index contributed by atoms with van der Waals surface area (Å²) in [6.07, 6.45) is 3.39. The number of para-hydroxylation sites is 2. The molecule has 3 aromatic rings. The zero-order valence-electron chi connectivity index (χ0n) is 21.3. The van der Waals surface area contributed by atoms with Gasteiger partial charge in [0.2, 0.25) is 0 Å². The summed E-state index contributed by atoms with van der Waals surface area (Å²) >= 11 is 6.69. The Hall–Kier alpha value is -3.37. The fourth-order valence-corrected chi connectivity index (χ4v) is 6.28. The highest BCUT2D eigenvalue weighted by molar-refractivity contribution is 8.26. The number of fused-ring (bicyclic) bond motifs is 1. The number of aryl methyl sites for hydroxylation is 1. The van der Waals surface area contributed by atoms with E-state index in [1.54, 1.807) is 28.7 Å². The molecule has 0 bridgehead atoms. The molecule has 0 atom stereocenters. The first-order chi connectivity index (χ1) is 17.8. The summed E-state index contributed by atoms with van der Waals surface area (Å²) in [6.45, 7) is 8.61. The molecule has 2 fully saturated rings. The molecule has 0 N–H and O–H groups in total. The lowest BCUT2D eigenvalue weighted by Gasteiger charge is -2.37. The summed E-state index contributed by atoms with van der Waals surface area (Å²) in [7, 11) is 1.68. The minimum Gasteiger partial charge on any atom is -0.495 e. The van der Waals surface area contributed by atoms with Crippen molar-refractivity contribution < 1.29 is 9.53 Å². The molecule has 0 unspecified atom stereocenters. The van der Waals surface area contributed by atoms with Crippen molar-refractivity contribution in [1.82, 2.24) is 14.3 Å². The van der Waals surface area contributed by atoms with Crippen LogP contribution >= 0.6 is 24.0 Å². The number of pyridine rings is 1. The van der Waals surface area contributed by atoms with Gasteiger partial charge in [0.05, 0.1) is 23.3 Å². The average molecular weight is 536 g/mol. The molecule has 192 valence electrons. The highest BCUT2D eigenvalue weighted by Gasteiger charge is 2.35. The van der Waals surface area contributed by atoms with Crippen LogP contribution in [0.25, 0.3) is 11.7 Å². The zero-order chi connectivity index (χ0) is 26.3. The highest BCUT2D eigenvalue weighted by atomic mass is 32.2. The number of hydrogen-bond donors (Lipinski definition) is 0. The molecule has 0 saturated carbocycles. The van der Waals surface area contributed by atoms with Crippen LogP contribution in [0.4, 0.5) is 11.5 Å². The van der Waals surface area contributed by atoms with Gasteiger partial charge in [-0.3, -0.25) is 18.9 Å². The molecular weight excluding hydrogens is 506 g/mol. The normalized spacial score (nSPS) is 17.5. The van der Waals surface area contributed by atoms with E-state index < -0.39 is 0 Å². The maximum atomic E-state index is 13.8. The lowest BCUT2D eigenvalue weighted by Crippen LogP contribution is -2.47. The molecule has 4 heterocycles. The second kappa shape index (κ2) is 10.2. The first-order valence-corrected chi connectivity index (χ1v) is 13.4. The number of rotatable bonds is 5. The number of methoxy groups -OCH3 is 1. The van der Waals surface area contributed by atoms with Gasteiger partial charge in [-0.1, -0.05) is 42.2 Å². The van der Waals surface area contributed by atoms with Crippen LogP contribution in [0.5, 0.6) is 5.75 Å². The van der Waals surface area contributed by atoms with Gasteiger partial charge in [-0.25, -0.2) is 4.98 Å². The van der Waals surface area contributed by atoms with Crippen molar-refractivity contribution in [2.24, 2.45) is 0 Å². The number of carbonyl (C=O) groups is 1. The maximum absolute atomic E-state index is 13.8. The fourth-order valence-electron chi connectivity index (χ4n) is 4.77. The first kappa shape index (κ1) is 25.3. The monoisotopic (exact) mass is 535 g/mol. The van der Waals surface area contributed by atoms with Gasteiger partial charge in [-0.15, -0.1) is 0 Å². The van der Waals surface area contributed by atoms with Gasteiger partial charge in [0.15, 0.2) is 0 Å².